The molecule has 0 spiro atoms. The Morgan fingerprint density at radius 2 is 2.11 bits per heavy atom. The highest BCUT2D eigenvalue weighted by Crippen LogP contribution is 2.41. The van der Waals surface area contributed by atoms with Crippen LogP contribution in [0.4, 0.5) is 0 Å². The van der Waals surface area contributed by atoms with E-state index in [1.807, 2.05) is 6.07 Å². The van der Waals surface area contributed by atoms with Crippen molar-refractivity contribution in [3.05, 3.63) is 68.6 Å². The highest BCUT2D eigenvalue weighted by Gasteiger charge is 2.46. The van der Waals surface area contributed by atoms with Crippen LogP contribution in [0.5, 0.6) is 0 Å². The minimum Gasteiger partial charge on any atom is -0.445 e. The van der Waals surface area contributed by atoms with Crippen molar-refractivity contribution < 1.29 is 18.8 Å². The normalized spacial score (nSPS) is 20.0. The van der Waals surface area contributed by atoms with E-state index in [0.717, 1.165) is 4.70 Å². The van der Waals surface area contributed by atoms with Crippen molar-refractivity contribution in [2.45, 2.75) is 44.2 Å². The molecule has 1 amide bonds. The maximum atomic E-state index is 13.7. The number of thiophene rings is 1. The lowest BCUT2D eigenvalue weighted by Gasteiger charge is -2.38. The zero-order valence-electron chi connectivity index (χ0n) is 19.7. The van der Waals surface area contributed by atoms with Gasteiger partial charge in [-0.3, -0.25) is 14.6 Å². The maximum Gasteiger partial charge on any atom is 0.349 e. The Labute approximate surface area is 218 Å². The van der Waals surface area contributed by atoms with Crippen LogP contribution in [0.25, 0.3) is 32.0 Å². The number of fused-ring (bicyclic) bond motifs is 4. The van der Waals surface area contributed by atoms with Crippen molar-refractivity contribution >= 4 is 66.8 Å². The van der Waals surface area contributed by atoms with E-state index in [2.05, 4.69) is 10.1 Å². The molecule has 37 heavy (non-hydrogen) atoms. The summed E-state index contributed by atoms with van der Waals surface area (Å²) in [5.74, 6) is -1.02. The number of aromatic nitrogens is 3. The number of halogens is 1. The van der Waals surface area contributed by atoms with Gasteiger partial charge in [-0.05, 0) is 56.5 Å². The lowest BCUT2D eigenvalue weighted by molar-refractivity contribution is -0.142. The van der Waals surface area contributed by atoms with Gasteiger partial charge in [0.25, 0.3) is 11.5 Å². The number of amides is 1. The topological polar surface area (TPSA) is 130 Å². The van der Waals surface area contributed by atoms with Crippen molar-refractivity contribution in [1.82, 2.24) is 14.7 Å². The summed E-state index contributed by atoms with van der Waals surface area (Å²) in [4.78, 5) is 44.3. The minimum atomic E-state index is -1.58. The van der Waals surface area contributed by atoms with Crippen LogP contribution in [0.1, 0.15) is 47.2 Å². The molecule has 1 saturated carbocycles. The molecule has 2 unspecified atom stereocenters. The third kappa shape index (κ3) is 3.70. The molecular weight excluding hydrogens is 516 g/mol. The zero-order valence-corrected chi connectivity index (χ0v) is 21.3. The summed E-state index contributed by atoms with van der Waals surface area (Å²) in [5, 5.41) is 5.41. The first kappa shape index (κ1) is 23.6. The smallest absolute Gasteiger partial charge is 0.349 e. The summed E-state index contributed by atoms with van der Waals surface area (Å²) in [7, 11) is 0. The molecule has 4 heterocycles. The van der Waals surface area contributed by atoms with Gasteiger partial charge in [-0.25, -0.2) is 4.79 Å². The van der Waals surface area contributed by atoms with Gasteiger partial charge < -0.3 is 19.6 Å². The number of nitrogens with two attached hydrogens (primary N) is 1. The summed E-state index contributed by atoms with van der Waals surface area (Å²) >= 11 is 7.78. The van der Waals surface area contributed by atoms with Crippen LogP contribution >= 0.6 is 22.9 Å². The molecule has 1 aromatic carbocycles. The van der Waals surface area contributed by atoms with Crippen LogP contribution in [0.15, 0.2) is 51.9 Å². The predicted molar refractivity (Wildman–Crippen MR) is 140 cm³/mol. The van der Waals surface area contributed by atoms with E-state index in [9.17, 15) is 14.4 Å². The average molecular weight is 537 g/mol. The highest BCUT2D eigenvalue weighted by atomic mass is 35.5. The van der Waals surface area contributed by atoms with Crippen LogP contribution in [0.3, 0.4) is 0 Å². The van der Waals surface area contributed by atoms with Crippen molar-refractivity contribution in [3.8, 4) is 0 Å². The maximum absolute atomic E-state index is 13.7. The first-order valence-electron chi connectivity index (χ1n) is 11.8. The summed E-state index contributed by atoms with van der Waals surface area (Å²) in [6, 6.07) is 10.0. The van der Waals surface area contributed by atoms with Gasteiger partial charge in [-0.2, -0.15) is 0 Å². The molecule has 0 radical (unpaired) electrons. The second-order valence-corrected chi connectivity index (χ2v) is 10.8. The van der Waals surface area contributed by atoms with E-state index in [0.29, 0.717) is 55.8 Å². The molecule has 9 nitrogen and oxygen atoms in total. The van der Waals surface area contributed by atoms with Gasteiger partial charge in [-0.1, -0.05) is 22.8 Å². The van der Waals surface area contributed by atoms with E-state index in [4.69, 9.17) is 26.6 Å². The lowest BCUT2D eigenvalue weighted by Crippen LogP contribution is -2.51. The first-order valence-corrected chi connectivity index (χ1v) is 12.9. The third-order valence-electron chi connectivity index (χ3n) is 7.06. The number of primary amides is 1. The van der Waals surface area contributed by atoms with Gasteiger partial charge in [-0.15, -0.1) is 11.3 Å². The second-order valence-electron chi connectivity index (χ2n) is 9.27. The van der Waals surface area contributed by atoms with Crippen molar-refractivity contribution in [3.63, 3.8) is 0 Å². The molecule has 1 aliphatic rings. The Morgan fingerprint density at radius 3 is 2.89 bits per heavy atom. The molecule has 188 valence electrons. The van der Waals surface area contributed by atoms with Crippen LogP contribution in [-0.4, -0.2) is 32.2 Å². The van der Waals surface area contributed by atoms with Crippen LogP contribution in [0, 0.1) is 6.92 Å². The van der Waals surface area contributed by atoms with E-state index < -0.39 is 23.5 Å². The Morgan fingerprint density at radius 1 is 1.27 bits per heavy atom. The standard InChI is InChI=1S/C26H21ClN4O5S/c1-13-20-22(30-36-13)21-15(27)6-2-7-17(21)31(23(20)32)14-5-3-9-26(12-14,25(28)34)35-24(33)19-11-16-18(37-19)8-4-10-29-16/h2,4,6-8,10-11,14H,3,5,9,12H2,1H3,(H2,28,34). The van der Waals surface area contributed by atoms with Gasteiger partial charge in [0.05, 0.1) is 20.8 Å². The number of pyridine rings is 2. The van der Waals surface area contributed by atoms with Gasteiger partial charge in [0, 0.05) is 24.0 Å². The Balaban J connectivity index is 1.44. The highest BCUT2D eigenvalue weighted by molar-refractivity contribution is 7.20. The molecule has 0 saturated heterocycles. The number of benzene rings is 1. The number of carbonyl (C=O) groups is 2. The number of ether oxygens (including phenoxy) is 1. The van der Waals surface area contributed by atoms with Crippen LogP contribution in [0.2, 0.25) is 5.02 Å². The van der Waals surface area contributed by atoms with Crippen molar-refractivity contribution in [2.75, 3.05) is 0 Å². The van der Waals surface area contributed by atoms with Gasteiger partial charge >= 0.3 is 5.97 Å². The number of aryl methyl sites for hydroxylation is 1. The largest absolute Gasteiger partial charge is 0.445 e. The van der Waals surface area contributed by atoms with E-state index in [1.165, 1.54) is 11.3 Å². The molecule has 5 aromatic rings. The third-order valence-corrected chi connectivity index (χ3v) is 8.44. The summed E-state index contributed by atoms with van der Waals surface area (Å²) < 4.78 is 13.7. The summed E-state index contributed by atoms with van der Waals surface area (Å²) in [6.07, 6.45) is 3.05. The number of esters is 1. The van der Waals surface area contributed by atoms with E-state index >= 15 is 0 Å². The van der Waals surface area contributed by atoms with Crippen molar-refractivity contribution in [1.29, 1.82) is 0 Å². The Hall–Kier alpha value is -3.76. The molecule has 2 atom stereocenters. The Kier molecular flexibility index (Phi) is 5.54. The zero-order chi connectivity index (χ0) is 25.9. The molecule has 1 fully saturated rings. The fraction of sp³-hybridized carbons (Fsp3) is 0.269. The van der Waals surface area contributed by atoms with Crippen LogP contribution in [-0.2, 0) is 9.53 Å². The van der Waals surface area contributed by atoms with Gasteiger partial charge in [0.15, 0.2) is 5.60 Å². The molecule has 0 bridgehead atoms. The summed E-state index contributed by atoms with van der Waals surface area (Å²) in [6.45, 7) is 1.67. The predicted octanol–water partition coefficient (Wildman–Crippen LogP) is 4.91. The number of hydrogen-bond donors (Lipinski definition) is 1. The van der Waals surface area contributed by atoms with Crippen molar-refractivity contribution in [2.24, 2.45) is 5.73 Å². The second kappa shape index (κ2) is 8.67. The SMILES string of the molecule is Cc1onc2c1c(=O)n(C1CCCC(OC(=O)c3cc4ncccc4s3)(C(N)=O)C1)c1cccc(Cl)c21. The number of carbonyl (C=O) groups excluding carboxylic acids is 2. The molecular formula is C26H21ClN4O5S. The minimum absolute atomic E-state index is 0.0502. The molecule has 6 rings (SSSR count). The van der Waals surface area contributed by atoms with Crippen LogP contribution < -0.4 is 11.3 Å². The van der Waals surface area contributed by atoms with Gasteiger partial charge in [0.2, 0.25) is 0 Å². The van der Waals surface area contributed by atoms with E-state index in [-0.39, 0.29) is 18.4 Å². The molecule has 1 aliphatic carbocycles. The van der Waals surface area contributed by atoms with Gasteiger partial charge in [0.1, 0.15) is 21.5 Å². The fourth-order valence-electron chi connectivity index (χ4n) is 5.33. The average Bonchev–Trinajstić information content (AvgIpc) is 3.48. The van der Waals surface area contributed by atoms with E-state index in [1.54, 1.807) is 48.0 Å². The quantitative estimate of drug-likeness (QED) is 0.323. The molecule has 2 N–H and O–H groups in total. The number of rotatable bonds is 4. The molecule has 11 heteroatoms. The Bertz CT molecular complexity index is 1760. The fourth-order valence-corrected chi connectivity index (χ4v) is 6.48. The lowest BCUT2D eigenvalue weighted by atomic mass is 9.80. The molecule has 0 aliphatic heterocycles. The molecule has 4 aromatic heterocycles. The monoisotopic (exact) mass is 536 g/mol. The first-order chi connectivity index (χ1) is 17.8. The number of nitrogens with zero attached hydrogens (tertiary/aromatic N) is 3. The summed E-state index contributed by atoms with van der Waals surface area (Å²) in [5.41, 5.74) is 5.59. The number of hydrogen-bond acceptors (Lipinski definition) is 8.